The molecule has 1 heterocycles. The molecule has 0 radical (unpaired) electrons. The van der Waals surface area contributed by atoms with Gasteiger partial charge in [-0.3, -0.25) is 14.1 Å². The van der Waals surface area contributed by atoms with Gasteiger partial charge in [0, 0.05) is 19.5 Å². The molecule has 48 heavy (non-hydrogen) atoms. The number of phosphoric acid groups is 2. The zero-order valence-electron chi connectivity index (χ0n) is 27.9. The van der Waals surface area contributed by atoms with Crippen LogP contribution in [0.4, 0.5) is 0 Å². The molecule has 1 saturated heterocycles. The van der Waals surface area contributed by atoms with E-state index in [0.717, 1.165) is 57.9 Å². The molecular weight excluding hydrogens is 695 g/mol. The second-order valence-corrected chi connectivity index (χ2v) is 17.4. The Balaban J connectivity index is 1.52. The van der Waals surface area contributed by atoms with Gasteiger partial charge >= 0.3 is 23.4 Å². The summed E-state index contributed by atoms with van der Waals surface area (Å²) in [6.45, 7) is 0.481. The van der Waals surface area contributed by atoms with Gasteiger partial charge < -0.3 is 45.8 Å². The molecule has 0 aromatic carbocycles. The van der Waals surface area contributed by atoms with Gasteiger partial charge in [0.25, 0.3) is 0 Å². The van der Waals surface area contributed by atoms with Crippen LogP contribution in [0.15, 0.2) is 0 Å². The highest BCUT2D eigenvalue weighted by Gasteiger charge is 2.44. The van der Waals surface area contributed by atoms with Crippen LogP contribution in [0.3, 0.4) is 0 Å². The van der Waals surface area contributed by atoms with Gasteiger partial charge in [-0.1, -0.05) is 38.5 Å². The molecule has 2 amide bonds. The van der Waals surface area contributed by atoms with Crippen molar-refractivity contribution in [1.29, 1.82) is 0 Å². The van der Waals surface area contributed by atoms with Crippen molar-refractivity contribution in [3.8, 4) is 0 Å². The number of hydrogen-bond acceptors (Lipinski definition) is 12. The van der Waals surface area contributed by atoms with E-state index < -0.39 is 48.2 Å². The largest absolute Gasteiger partial charge is 0.489 e. The Morgan fingerprint density at radius 1 is 0.917 bits per heavy atom. The van der Waals surface area contributed by atoms with Crippen molar-refractivity contribution in [3.05, 3.63) is 0 Å². The number of nitrogens with two attached hydrogens (primary N) is 1. The van der Waals surface area contributed by atoms with Crippen LogP contribution in [0, 0.1) is 5.92 Å². The second kappa shape index (κ2) is 21.5. The predicted octanol–water partition coefficient (Wildman–Crippen LogP) is 1.88. The number of nitrogens with one attached hydrogen (secondary N) is 3. The summed E-state index contributed by atoms with van der Waals surface area (Å²) in [6, 6.07) is -0.659. The number of nitrogens with zero attached hydrogens (tertiary/aromatic N) is 1. The molecule has 1 aliphatic heterocycles. The summed E-state index contributed by atoms with van der Waals surface area (Å²) in [5, 5.41) is 17.6. The molecule has 0 aromatic heterocycles. The van der Waals surface area contributed by atoms with E-state index in [2.05, 4.69) is 29.2 Å². The molecule has 1 aliphatic carbocycles. The summed E-state index contributed by atoms with van der Waals surface area (Å²) in [7, 11) is -11.7. The molecule has 0 spiro atoms. The first-order valence-corrected chi connectivity index (χ1v) is 21.1. The molecule has 9 N–H and O–H groups in total. The number of carbonyl (C=O) groups is 2. The monoisotopic (exact) mass is 751 g/mol. The van der Waals surface area contributed by atoms with Crippen molar-refractivity contribution in [3.63, 3.8) is 0 Å². The van der Waals surface area contributed by atoms with Crippen molar-refractivity contribution >= 4 is 35.2 Å². The first kappa shape index (κ1) is 43.4. The standard InChI is InChI=1S/C27H56N5O13P3/c1-32(2)17-11-8-14-22(28)27(35)30-19-26(34)29-15-9-4-3-5-10-16-31-46(36,37)44-48(40,41)45-47(38,39)42-20-25-23(33)18-24(43-25)21-12-6-7-13-21/h21-25,33H,3-20,28H2,1-2H3,(H,29,34)(H,30,35)(H,38,39)(H,40,41)(H2,31,36,37)/t22?,23?,24-,25-/m1/s1. The predicted molar refractivity (Wildman–Crippen MR) is 176 cm³/mol. The summed E-state index contributed by atoms with van der Waals surface area (Å²) in [4.78, 5) is 55.6. The zero-order chi connectivity index (χ0) is 35.8. The molecule has 2 fully saturated rings. The molecule has 2 rings (SSSR count). The smallest absolute Gasteiger partial charge is 0.390 e. The Labute approximate surface area is 283 Å². The zero-order valence-corrected chi connectivity index (χ0v) is 30.6. The topological polar surface area (TPSA) is 269 Å². The molecule has 7 atom stereocenters. The van der Waals surface area contributed by atoms with Crippen molar-refractivity contribution in [2.45, 2.75) is 108 Å². The summed E-state index contributed by atoms with van der Waals surface area (Å²) < 4.78 is 55.4. The minimum Gasteiger partial charge on any atom is -0.390 e. The van der Waals surface area contributed by atoms with E-state index in [-0.39, 0.29) is 36.9 Å². The van der Waals surface area contributed by atoms with Crippen molar-refractivity contribution in [1.82, 2.24) is 20.6 Å². The van der Waals surface area contributed by atoms with Gasteiger partial charge in [-0.15, -0.1) is 0 Å². The average Bonchev–Trinajstić information content (AvgIpc) is 3.64. The highest BCUT2D eigenvalue weighted by molar-refractivity contribution is 7.67. The van der Waals surface area contributed by atoms with E-state index in [9.17, 15) is 43.1 Å². The molecule has 282 valence electrons. The Hall–Kier alpha value is -0.810. The molecule has 5 unspecified atom stereocenters. The lowest BCUT2D eigenvalue weighted by Gasteiger charge is -2.21. The number of hydrogen-bond donors (Lipinski definition) is 8. The van der Waals surface area contributed by atoms with Gasteiger partial charge in [0.15, 0.2) is 0 Å². The van der Waals surface area contributed by atoms with Crippen LogP contribution in [0.1, 0.15) is 83.5 Å². The Morgan fingerprint density at radius 2 is 1.56 bits per heavy atom. The van der Waals surface area contributed by atoms with Crippen molar-refractivity contribution in [2.24, 2.45) is 11.7 Å². The SMILES string of the molecule is CN(C)CCCCC(N)C(=O)NCC(=O)NCCCCCCCNP(=O)(O)OP(=O)(O)OP(=O)(O)OC[C@H]1O[C@@H](C2CCCC2)CC1O. The van der Waals surface area contributed by atoms with Crippen LogP contribution in [0.5, 0.6) is 0 Å². The number of carbonyl (C=O) groups excluding carboxylic acids is 2. The quantitative estimate of drug-likeness (QED) is 0.0489. The third-order valence-electron chi connectivity index (χ3n) is 8.12. The minimum absolute atomic E-state index is 0.0750. The number of phosphoric ester groups is 1. The van der Waals surface area contributed by atoms with Crippen LogP contribution in [-0.2, 0) is 41.2 Å². The second-order valence-electron chi connectivity index (χ2n) is 12.6. The maximum absolute atomic E-state index is 12.2. The van der Waals surface area contributed by atoms with Crippen LogP contribution < -0.4 is 21.5 Å². The molecule has 1 saturated carbocycles. The number of aliphatic hydroxyl groups excluding tert-OH is 1. The van der Waals surface area contributed by atoms with Gasteiger partial charge in [-0.05, 0) is 65.1 Å². The first-order valence-electron chi connectivity index (χ1n) is 16.6. The fraction of sp³-hybridized carbons (Fsp3) is 0.926. The summed E-state index contributed by atoms with van der Waals surface area (Å²) >= 11 is 0. The summed E-state index contributed by atoms with van der Waals surface area (Å²) in [5.74, 6) is -0.406. The number of unbranched alkanes of at least 4 members (excludes halogenated alkanes) is 5. The van der Waals surface area contributed by atoms with E-state index in [4.69, 9.17) is 15.0 Å². The number of amides is 2. The van der Waals surface area contributed by atoms with Crippen molar-refractivity contribution < 1.29 is 61.0 Å². The van der Waals surface area contributed by atoms with E-state index >= 15 is 0 Å². The highest BCUT2D eigenvalue weighted by atomic mass is 31.3. The lowest BCUT2D eigenvalue weighted by atomic mass is 9.97. The minimum atomic E-state index is -5.53. The molecule has 0 bridgehead atoms. The highest BCUT2D eigenvalue weighted by Crippen LogP contribution is 2.66. The van der Waals surface area contributed by atoms with Gasteiger partial charge in [-0.2, -0.15) is 8.62 Å². The molecule has 0 aromatic rings. The normalized spacial score (nSPS) is 24.5. The average molecular weight is 752 g/mol. The lowest BCUT2D eigenvalue weighted by Crippen LogP contribution is -2.45. The Kier molecular flexibility index (Phi) is 19.4. The van der Waals surface area contributed by atoms with Crippen LogP contribution >= 0.6 is 23.4 Å². The number of rotatable bonds is 25. The van der Waals surface area contributed by atoms with E-state index in [0.29, 0.717) is 38.6 Å². The van der Waals surface area contributed by atoms with Crippen LogP contribution in [0.2, 0.25) is 0 Å². The third kappa shape index (κ3) is 18.4. The van der Waals surface area contributed by atoms with E-state index in [1.165, 1.54) is 0 Å². The first-order chi connectivity index (χ1) is 22.5. The summed E-state index contributed by atoms with van der Waals surface area (Å²) in [6.07, 6.45) is 7.73. The maximum atomic E-state index is 12.2. The fourth-order valence-electron chi connectivity index (χ4n) is 5.56. The number of aliphatic hydroxyl groups is 1. The molecular formula is C27H56N5O13P3. The van der Waals surface area contributed by atoms with E-state index in [1.54, 1.807) is 0 Å². The number of ether oxygens (including phenoxy) is 1. The lowest BCUT2D eigenvalue weighted by molar-refractivity contribution is -0.126. The summed E-state index contributed by atoms with van der Waals surface area (Å²) in [5.41, 5.74) is 5.87. The molecule has 18 nitrogen and oxygen atoms in total. The fourth-order valence-corrected chi connectivity index (χ4v) is 9.31. The van der Waals surface area contributed by atoms with Gasteiger partial charge in [-0.25, -0.2) is 18.8 Å². The Bertz CT molecular complexity index is 1130. The van der Waals surface area contributed by atoms with Crippen LogP contribution in [0.25, 0.3) is 0 Å². The Morgan fingerprint density at radius 3 is 2.23 bits per heavy atom. The van der Waals surface area contributed by atoms with Gasteiger partial charge in [0.2, 0.25) is 11.8 Å². The molecule has 21 heteroatoms. The molecule has 2 aliphatic rings. The van der Waals surface area contributed by atoms with E-state index in [1.807, 2.05) is 14.1 Å². The maximum Gasteiger partial charge on any atom is 0.489 e. The van der Waals surface area contributed by atoms with Crippen molar-refractivity contribution in [2.75, 3.05) is 46.9 Å². The van der Waals surface area contributed by atoms with Gasteiger partial charge in [0.05, 0.1) is 31.4 Å². The van der Waals surface area contributed by atoms with Gasteiger partial charge in [0.1, 0.15) is 6.10 Å². The van der Waals surface area contributed by atoms with Crippen LogP contribution in [-0.4, -0.2) is 108 Å². The third-order valence-corrected chi connectivity index (χ3v) is 12.6.